The molecule has 6 heteroatoms. The highest BCUT2D eigenvalue weighted by atomic mass is 32.2. The lowest BCUT2D eigenvalue weighted by atomic mass is 10.7. The molecule has 0 aliphatic heterocycles. The van der Waals surface area contributed by atoms with Crippen LogP contribution in [0.5, 0.6) is 0 Å². The molecule has 0 bridgehead atoms. The molecule has 0 aromatic carbocycles. The van der Waals surface area contributed by atoms with Crippen molar-refractivity contribution in [2.75, 3.05) is 19.0 Å². The van der Waals surface area contributed by atoms with E-state index in [4.69, 9.17) is 10.5 Å². The zero-order chi connectivity index (χ0) is 9.90. The largest absolute Gasteiger partial charge is 0.381 e. The monoisotopic (exact) mass is 208 g/mol. The first-order valence-electron chi connectivity index (χ1n) is 4.38. The predicted octanol–water partition coefficient (Wildman–Crippen LogP) is -0.958. The lowest BCUT2D eigenvalue weighted by Crippen LogP contribution is -2.33. The van der Waals surface area contributed by atoms with Gasteiger partial charge in [-0.1, -0.05) is 0 Å². The first-order chi connectivity index (χ1) is 6.05. The summed E-state index contributed by atoms with van der Waals surface area (Å²) in [5.41, 5.74) is 5.47. The zero-order valence-electron chi connectivity index (χ0n) is 7.69. The summed E-state index contributed by atoms with van der Waals surface area (Å²) in [4.78, 5) is 0. The van der Waals surface area contributed by atoms with E-state index in [9.17, 15) is 8.42 Å². The molecule has 2 atom stereocenters. The molecule has 0 heterocycles. The van der Waals surface area contributed by atoms with Gasteiger partial charge in [0.2, 0.25) is 10.0 Å². The molecule has 0 aromatic heterocycles. The van der Waals surface area contributed by atoms with Gasteiger partial charge in [-0.15, -0.1) is 0 Å². The van der Waals surface area contributed by atoms with E-state index in [1.165, 1.54) is 0 Å². The maximum Gasteiger partial charge on any atom is 0.214 e. The van der Waals surface area contributed by atoms with Gasteiger partial charge in [0.15, 0.2) is 0 Å². The fourth-order valence-electron chi connectivity index (χ4n) is 0.953. The SMILES string of the molecule is CCOCCS(=O)(=O)NC1CC1N. The molecule has 78 valence electrons. The van der Waals surface area contributed by atoms with Crippen molar-refractivity contribution in [3.63, 3.8) is 0 Å². The van der Waals surface area contributed by atoms with Crippen molar-refractivity contribution in [3.05, 3.63) is 0 Å². The summed E-state index contributed by atoms with van der Waals surface area (Å²) < 4.78 is 30.0. The summed E-state index contributed by atoms with van der Waals surface area (Å²) in [6.45, 7) is 2.61. The van der Waals surface area contributed by atoms with E-state index < -0.39 is 10.0 Å². The molecule has 1 saturated carbocycles. The van der Waals surface area contributed by atoms with Crippen LogP contribution in [0.1, 0.15) is 13.3 Å². The topological polar surface area (TPSA) is 81.4 Å². The van der Waals surface area contributed by atoms with Crippen molar-refractivity contribution in [3.8, 4) is 0 Å². The molecule has 0 amide bonds. The van der Waals surface area contributed by atoms with Gasteiger partial charge in [-0.2, -0.15) is 0 Å². The quantitative estimate of drug-likeness (QED) is 0.551. The van der Waals surface area contributed by atoms with Crippen molar-refractivity contribution in [2.45, 2.75) is 25.4 Å². The fraction of sp³-hybridized carbons (Fsp3) is 1.00. The second-order valence-corrected chi connectivity index (χ2v) is 5.01. The van der Waals surface area contributed by atoms with Gasteiger partial charge in [-0.25, -0.2) is 13.1 Å². The summed E-state index contributed by atoms with van der Waals surface area (Å²) in [7, 11) is -3.18. The summed E-state index contributed by atoms with van der Waals surface area (Å²) in [5.74, 6) is 0.0179. The predicted molar refractivity (Wildman–Crippen MR) is 49.8 cm³/mol. The Labute approximate surface area is 78.7 Å². The molecule has 2 unspecified atom stereocenters. The normalized spacial score (nSPS) is 27.5. The Morgan fingerprint density at radius 2 is 2.23 bits per heavy atom. The lowest BCUT2D eigenvalue weighted by Gasteiger charge is -2.05. The van der Waals surface area contributed by atoms with E-state index in [0.717, 1.165) is 6.42 Å². The summed E-state index contributed by atoms with van der Waals surface area (Å²) in [6.07, 6.45) is 0.744. The molecular formula is C7H16N2O3S. The Morgan fingerprint density at radius 3 is 2.69 bits per heavy atom. The summed E-state index contributed by atoms with van der Waals surface area (Å²) >= 11 is 0. The first kappa shape index (κ1) is 10.9. The Hall–Kier alpha value is -0.170. The van der Waals surface area contributed by atoms with Crippen LogP contribution in [0, 0.1) is 0 Å². The van der Waals surface area contributed by atoms with Gasteiger partial charge >= 0.3 is 0 Å². The molecule has 1 aliphatic carbocycles. The number of rotatable bonds is 6. The lowest BCUT2D eigenvalue weighted by molar-refractivity contribution is 0.163. The maximum atomic E-state index is 11.3. The van der Waals surface area contributed by atoms with E-state index in [-0.39, 0.29) is 24.4 Å². The van der Waals surface area contributed by atoms with E-state index >= 15 is 0 Å². The Morgan fingerprint density at radius 1 is 1.62 bits per heavy atom. The molecule has 0 aromatic rings. The van der Waals surface area contributed by atoms with Crippen LogP contribution < -0.4 is 10.5 Å². The number of sulfonamides is 1. The van der Waals surface area contributed by atoms with Gasteiger partial charge in [0.1, 0.15) is 0 Å². The maximum absolute atomic E-state index is 11.3. The fourth-order valence-corrected chi connectivity index (χ4v) is 2.14. The van der Waals surface area contributed by atoms with Gasteiger partial charge < -0.3 is 10.5 Å². The van der Waals surface area contributed by atoms with Crippen LogP contribution in [0.15, 0.2) is 0 Å². The van der Waals surface area contributed by atoms with E-state index in [1.54, 1.807) is 0 Å². The average molecular weight is 208 g/mol. The van der Waals surface area contributed by atoms with E-state index in [0.29, 0.717) is 6.61 Å². The van der Waals surface area contributed by atoms with E-state index in [1.807, 2.05) is 6.92 Å². The van der Waals surface area contributed by atoms with Crippen LogP contribution in [0.4, 0.5) is 0 Å². The minimum atomic E-state index is -3.18. The van der Waals surface area contributed by atoms with Gasteiger partial charge in [0, 0.05) is 18.7 Å². The molecule has 1 aliphatic rings. The van der Waals surface area contributed by atoms with Crippen molar-refractivity contribution in [1.29, 1.82) is 0 Å². The minimum absolute atomic E-state index is 0.00173. The van der Waals surface area contributed by atoms with Gasteiger partial charge in [-0.05, 0) is 13.3 Å². The molecular weight excluding hydrogens is 192 g/mol. The van der Waals surface area contributed by atoms with Crippen LogP contribution in [-0.4, -0.2) is 39.5 Å². The van der Waals surface area contributed by atoms with Crippen molar-refractivity contribution < 1.29 is 13.2 Å². The number of nitrogens with one attached hydrogen (secondary N) is 1. The third-order valence-electron chi connectivity index (χ3n) is 1.87. The molecule has 5 nitrogen and oxygen atoms in total. The van der Waals surface area contributed by atoms with Crippen LogP contribution in [0.3, 0.4) is 0 Å². The Kier molecular flexibility index (Phi) is 3.66. The third kappa shape index (κ3) is 4.04. The molecule has 1 fully saturated rings. The number of hydrogen-bond acceptors (Lipinski definition) is 4. The summed E-state index contributed by atoms with van der Waals surface area (Å²) in [5, 5.41) is 0. The smallest absolute Gasteiger partial charge is 0.214 e. The number of hydrogen-bond donors (Lipinski definition) is 2. The Bertz CT molecular complexity index is 252. The van der Waals surface area contributed by atoms with Crippen LogP contribution in [0.2, 0.25) is 0 Å². The number of ether oxygens (including phenoxy) is 1. The summed E-state index contributed by atoms with van der Waals surface area (Å²) in [6, 6.07) is -0.0477. The molecule has 0 radical (unpaired) electrons. The number of nitrogens with two attached hydrogens (primary N) is 1. The Balaban J connectivity index is 2.21. The molecule has 0 spiro atoms. The van der Waals surface area contributed by atoms with Gasteiger partial charge in [-0.3, -0.25) is 0 Å². The van der Waals surface area contributed by atoms with Crippen LogP contribution in [0.25, 0.3) is 0 Å². The molecule has 0 saturated heterocycles. The van der Waals surface area contributed by atoms with Gasteiger partial charge in [0.05, 0.1) is 12.4 Å². The second kappa shape index (κ2) is 4.36. The van der Waals surface area contributed by atoms with Crippen molar-refractivity contribution in [1.82, 2.24) is 4.72 Å². The standard InChI is InChI=1S/C7H16N2O3S/c1-2-12-3-4-13(10,11)9-7-5-6(7)8/h6-7,9H,2-5,8H2,1H3. The van der Waals surface area contributed by atoms with Crippen molar-refractivity contribution >= 4 is 10.0 Å². The highest BCUT2D eigenvalue weighted by Gasteiger charge is 2.36. The van der Waals surface area contributed by atoms with E-state index in [2.05, 4.69) is 4.72 Å². The van der Waals surface area contributed by atoms with Crippen LogP contribution >= 0.6 is 0 Å². The highest BCUT2D eigenvalue weighted by Crippen LogP contribution is 2.18. The molecule has 13 heavy (non-hydrogen) atoms. The first-order valence-corrected chi connectivity index (χ1v) is 6.03. The van der Waals surface area contributed by atoms with Crippen LogP contribution in [-0.2, 0) is 14.8 Å². The highest BCUT2D eigenvalue weighted by molar-refractivity contribution is 7.89. The van der Waals surface area contributed by atoms with Crippen molar-refractivity contribution in [2.24, 2.45) is 5.73 Å². The minimum Gasteiger partial charge on any atom is -0.381 e. The zero-order valence-corrected chi connectivity index (χ0v) is 8.51. The second-order valence-electron chi connectivity index (χ2n) is 3.14. The average Bonchev–Trinajstić information content (AvgIpc) is 2.65. The third-order valence-corrected chi connectivity index (χ3v) is 3.24. The molecule has 3 N–H and O–H groups in total. The van der Waals surface area contributed by atoms with Gasteiger partial charge in [0.25, 0.3) is 0 Å². The molecule has 1 rings (SSSR count).